The van der Waals surface area contributed by atoms with Crippen molar-refractivity contribution in [3.8, 4) is 0 Å². The second kappa shape index (κ2) is 8.83. The average Bonchev–Trinajstić information content (AvgIpc) is 3.01. The molecule has 1 aliphatic heterocycles. The zero-order valence-corrected chi connectivity index (χ0v) is 15.7. The van der Waals surface area contributed by atoms with E-state index in [9.17, 15) is 14.4 Å². The van der Waals surface area contributed by atoms with Gasteiger partial charge in [-0.25, -0.2) is 0 Å². The minimum Gasteiger partial charge on any atom is -0.481 e. The van der Waals surface area contributed by atoms with E-state index in [0.717, 1.165) is 17.7 Å². The van der Waals surface area contributed by atoms with Crippen molar-refractivity contribution in [3.05, 3.63) is 29.8 Å². The number of hydrogen-bond acceptors (Lipinski definition) is 3. The predicted molar refractivity (Wildman–Crippen MR) is 100 cm³/mol. The van der Waals surface area contributed by atoms with Gasteiger partial charge in [-0.05, 0) is 37.3 Å². The molecule has 6 nitrogen and oxygen atoms in total. The Morgan fingerprint density at radius 2 is 2.00 bits per heavy atom. The molecule has 2 rings (SSSR count). The fraction of sp³-hybridized carbons (Fsp3) is 0.550. The highest BCUT2D eigenvalue weighted by Gasteiger charge is 2.36. The highest BCUT2D eigenvalue weighted by Crippen LogP contribution is 2.33. The van der Waals surface area contributed by atoms with Crippen molar-refractivity contribution in [1.82, 2.24) is 5.32 Å². The van der Waals surface area contributed by atoms with Gasteiger partial charge in [-0.2, -0.15) is 0 Å². The summed E-state index contributed by atoms with van der Waals surface area (Å²) in [6.07, 6.45) is 1.55. The normalized spacial score (nSPS) is 19.3. The van der Waals surface area contributed by atoms with Crippen LogP contribution < -0.4 is 10.2 Å². The molecular formula is C20H28N2O4. The topological polar surface area (TPSA) is 86.7 Å². The molecule has 6 heteroatoms. The first-order chi connectivity index (χ1) is 12.3. The van der Waals surface area contributed by atoms with Crippen molar-refractivity contribution in [1.29, 1.82) is 0 Å². The second-order valence-corrected chi connectivity index (χ2v) is 7.12. The Balaban J connectivity index is 2.05. The quantitative estimate of drug-likeness (QED) is 0.746. The molecule has 0 aliphatic carbocycles. The summed E-state index contributed by atoms with van der Waals surface area (Å²) in [5.41, 5.74) is 2.01. The zero-order valence-electron chi connectivity index (χ0n) is 15.7. The summed E-state index contributed by atoms with van der Waals surface area (Å²) in [5, 5.41) is 11.6. The number of nitrogens with zero attached hydrogens (tertiary/aromatic N) is 1. The molecule has 3 atom stereocenters. The maximum Gasteiger partial charge on any atom is 0.303 e. The monoisotopic (exact) mass is 360 g/mol. The lowest BCUT2D eigenvalue weighted by Gasteiger charge is -2.23. The maximum atomic E-state index is 12.5. The summed E-state index contributed by atoms with van der Waals surface area (Å²) in [6, 6.07) is 7.64. The van der Waals surface area contributed by atoms with E-state index in [1.807, 2.05) is 24.3 Å². The molecule has 1 saturated heterocycles. The van der Waals surface area contributed by atoms with Gasteiger partial charge in [0.05, 0.1) is 5.92 Å². The molecule has 1 fully saturated rings. The minimum absolute atomic E-state index is 0.0133. The first-order valence-corrected chi connectivity index (χ1v) is 9.24. The smallest absolute Gasteiger partial charge is 0.303 e. The van der Waals surface area contributed by atoms with Crippen molar-refractivity contribution in [2.24, 2.45) is 5.92 Å². The van der Waals surface area contributed by atoms with E-state index in [1.54, 1.807) is 11.8 Å². The predicted octanol–water partition coefficient (Wildman–Crippen LogP) is 2.92. The van der Waals surface area contributed by atoms with Crippen molar-refractivity contribution < 1.29 is 19.5 Å². The molecule has 0 saturated carbocycles. The van der Waals surface area contributed by atoms with Crippen molar-refractivity contribution in [2.75, 3.05) is 11.4 Å². The second-order valence-electron chi connectivity index (χ2n) is 7.12. The largest absolute Gasteiger partial charge is 0.481 e. The summed E-state index contributed by atoms with van der Waals surface area (Å²) in [4.78, 5) is 37.3. The van der Waals surface area contributed by atoms with E-state index in [0.29, 0.717) is 18.9 Å². The minimum atomic E-state index is -0.880. The Labute approximate surface area is 154 Å². The number of aliphatic carboxylic acids is 1. The fourth-order valence-electron chi connectivity index (χ4n) is 3.26. The Kier molecular flexibility index (Phi) is 6.77. The summed E-state index contributed by atoms with van der Waals surface area (Å²) in [5.74, 6) is -1.17. The van der Waals surface area contributed by atoms with Crippen LogP contribution in [0.5, 0.6) is 0 Å². The van der Waals surface area contributed by atoms with Gasteiger partial charge >= 0.3 is 5.97 Å². The molecule has 0 bridgehead atoms. The summed E-state index contributed by atoms with van der Waals surface area (Å²) in [7, 11) is 0. The number of hydrogen-bond donors (Lipinski definition) is 2. The van der Waals surface area contributed by atoms with E-state index in [-0.39, 0.29) is 30.7 Å². The molecule has 1 aromatic rings. The third kappa shape index (κ3) is 4.84. The zero-order chi connectivity index (χ0) is 19.3. The van der Waals surface area contributed by atoms with Crippen LogP contribution in [0.15, 0.2) is 24.3 Å². The number of carbonyl (C=O) groups excluding carboxylic acids is 2. The third-order valence-electron chi connectivity index (χ3n) is 5.05. The van der Waals surface area contributed by atoms with Crippen LogP contribution in [0.1, 0.15) is 57.9 Å². The number of carbonyl (C=O) groups is 3. The number of para-hydroxylation sites is 1. The molecule has 26 heavy (non-hydrogen) atoms. The molecule has 1 aromatic carbocycles. The van der Waals surface area contributed by atoms with E-state index >= 15 is 0 Å². The van der Waals surface area contributed by atoms with Crippen LogP contribution in [-0.2, 0) is 14.4 Å². The summed E-state index contributed by atoms with van der Waals surface area (Å²) < 4.78 is 0. The molecule has 1 heterocycles. The number of nitrogens with one attached hydrogen (secondary N) is 1. The van der Waals surface area contributed by atoms with E-state index in [2.05, 4.69) is 19.2 Å². The number of carboxylic acids is 1. The number of amides is 2. The number of benzene rings is 1. The number of rotatable bonds is 8. The van der Waals surface area contributed by atoms with Crippen LogP contribution in [0, 0.1) is 5.92 Å². The standard InChI is InChI=1S/C20H28N2O4/c1-4-13(2)16-7-5-6-8-17(16)22-12-15(11-18(22)23)20(26)21-14(3)9-10-19(24)25/h5-8,13-15H,4,9-12H2,1-3H3,(H,21,26)(H,24,25). The maximum absolute atomic E-state index is 12.5. The molecule has 3 unspecified atom stereocenters. The van der Waals surface area contributed by atoms with Crippen molar-refractivity contribution in [2.45, 2.75) is 58.4 Å². The van der Waals surface area contributed by atoms with Gasteiger partial charge in [-0.3, -0.25) is 14.4 Å². The third-order valence-corrected chi connectivity index (χ3v) is 5.05. The van der Waals surface area contributed by atoms with Crippen molar-refractivity contribution in [3.63, 3.8) is 0 Å². The fourth-order valence-corrected chi connectivity index (χ4v) is 3.26. The van der Waals surface area contributed by atoms with Crippen LogP contribution >= 0.6 is 0 Å². The van der Waals surface area contributed by atoms with E-state index in [4.69, 9.17) is 5.11 Å². The molecule has 0 aromatic heterocycles. The molecule has 2 N–H and O–H groups in total. The molecule has 0 radical (unpaired) electrons. The van der Waals surface area contributed by atoms with E-state index in [1.165, 1.54) is 0 Å². The number of carboxylic acid groups (broad SMARTS) is 1. The molecule has 142 valence electrons. The summed E-state index contributed by atoms with van der Waals surface area (Å²) >= 11 is 0. The van der Waals surface area contributed by atoms with Gasteiger partial charge < -0.3 is 15.3 Å². The summed E-state index contributed by atoms with van der Waals surface area (Å²) in [6.45, 7) is 6.40. The highest BCUT2D eigenvalue weighted by molar-refractivity contribution is 6.01. The van der Waals surface area contributed by atoms with E-state index < -0.39 is 11.9 Å². The lowest BCUT2D eigenvalue weighted by molar-refractivity contribution is -0.137. The SMILES string of the molecule is CCC(C)c1ccccc1N1CC(C(=O)NC(C)CCC(=O)O)CC1=O. The Bertz CT molecular complexity index is 674. The molecule has 1 aliphatic rings. The first-order valence-electron chi connectivity index (χ1n) is 9.24. The number of anilines is 1. The lowest BCUT2D eigenvalue weighted by Crippen LogP contribution is -2.38. The van der Waals surface area contributed by atoms with Gasteiger partial charge in [0.1, 0.15) is 0 Å². The van der Waals surface area contributed by atoms with Crippen LogP contribution in [-0.4, -0.2) is 35.5 Å². The Morgan fingerprint density at radius 1 is 1.31 bits per heavy atom. The first kappa shape index (κ1) is 19.9. The highest BCUT2D eigenvalue weighted by atomic mass is 16.4. The van der Waals surface area contributed by atoms with Gasteiger partial charge in [-0.15, -0.1) is 0 Å². The Hall–Kier alpha value is -2.37. The van der Waals surface area contributed by atoms with Gasteiger partial charge in [0, 0.05) is 31.1 Å². The lowest BCUT2D eigenvalue weighted by atomic mass is 9.96. The Morgan fingerprint density at radius 3 is 2.65 bits per heavy atom. The van der Waals surface area contributed by atoms with Crippen LogP contribution in [0.3, 0.4) is 0 Å². The molecule has 2 amide bonds. The van der Waals surface area contributed by atoms with Crippen LogP contribution in [0.2, 0.25) is 0 Å². The van der Waals surface area contributed by atoms with Gasteiger partial charge in [-0.1, -0.05) is 32.0 Å². The van der Waals surface area contributed by atoms with Gasteiger partial charge in [0.2, 0.25) is 11.8 Å². The average molecular weight is 360 g/mol. The van der Waals surface area contributed by atoms with Gasteiger partial charge in [0.25, 0.3) is 0 Å². The molecule has 0 spiro atoms. The van der Waals surface area contributed by atoms with Gasteiger partial charge in [0.15, 0.2) is 0 Å². The molecular weight excluding hydrogens is 332 g/mol. The van der Waals surface area contributed by atoms with Crippen molar-refractivity contribution >= 4 is 23.5 Å². The van der Waals surface area contributed by atoms with Crippen LogP contribution in [0.4, 0.5) is 5.69 Å². The van der Waals surface area contributed by atoms with Crippen LogP contribution in [0.25, 0.3) is 0 Å².